The number of hydrogen-bond acceptors (Lipinski definition) is 2. The van der Waals surface area contributed by atoms with Gasteiger partial charge in [-0.3, -0.25) is 0 Å². The molecule has 0 atom stereocenters. The quantitative estimate of drug-likeness (QED) is 0.747. The Morgan fingerprint density at radius 3 is 1.45 bits per heavy atom. The van der Waals surface area contributed by atoms with Crippen LogP contribution in [0.3, 0.4) is 0 Å². The van der Waals surface area contributed by atoms with Gasteiger partial charge in [-0.25, -0.2) is 9.97 Å². The van der Waals surface area contributed by atoms with E-state index in [4.69, 9.17) is 0 Å². The Morgan fingerprint density at radius 2 is 1.14 bits per heavy atom. The maximum absolute atomic E-state index is 4.23. The third-order valence-corrected chi connectivity index (χ3v) is 3.85. The molecule has 2 N–H and O–H groups in total. The maximum Gasteiger partial charge on any atom is 0.0925 e. The molecule has 0 amide bonds. The van der Waals surface area contributed by atoms with Crippen molar-refractivity contribution >= 4 is 0 Å². The summed E-state index contributed by atoms with van der Waals surface area (Å²) >= 11 is 0. The summed E-state index contributed by atoms with van der Waals surface area (Å²) in [6.07, 6.45) is 13.0. The van der Waals surface area contributed by atoms with Crippen molar-refractivity contribution in [2.45, 2.75) is 79.1 Å². The number of nitrogens with one attached hydrogen (secondary N) is 2. The third-order valence-electron chi connectivity index (χ3n) is 3.85. The van der Waals surface area contributed by atoms with E-state index in [0.29, 0.717) is 0 Å². The van der Waals surface area contributed by atoms with Gasteiger partial charge in [-0.05, 0) is 38.5 Å². The Kier molecular flexibility index (Phi) is 9.28. The third kappa shape index (κ3) is 6.04. The summed E-state index contributed by atoms with van der Waals surface area (Å²) < 4.78 is 0. The first-order valence-corrected chi connectivity index (χ1v) is 8.78. The fourth-order valence-corrected chi connectivity index (χ4v) is 2.45. The lowest BCUT2D eigenvalue weighted by Gasteiger charge is -1.97. The van der Waals surface area contributed by atoms with Gasteiger partial charge in [-0.15, -0.1) is 0 Å². The molecule has 0 bridgehead atoms. The zero-order chi connectivity index (χ0) is 16.2. The monoisotopic (exact) mass is 304 g/mol. The van der Waals surface area contributed by atoms with E-state index in [1.807, 2.05) is 0 Å². The van der Waals surface area contributed by atoms with Crippen molar-refractivity contribution in [1.82, 2.24) is 19.9 Å². The predicted octanol–water partition coefficient (Wildman–Crippen LogP) is 4.63. The normalized spacial score (nSPS) is 10.4. The van der Waals surface area contributed by atoms with Gasteiger partial charge in [0.25, 0.3) is 0 Å². The van der Waals surface area contributed by atoms with E-state index in [9.17, 15) is 0 Å². The van der Waals surface area contributed by atoms with Crippen molar-refractivity contribution in [3.8, 4) is 0 Å². The molecule has 0 aliphatic rings. The van der Waals surface area contributed by atoms with E-state index in [-0.39, 0.29) is 0 Å². The molecule has 0 saturated carbocycles. The number of rotatable bonds is 8. The maximum atomic E-state index is 4.23. The summed E-state index contributed by atoms with van der Waals surface area (Å²) in [5.41, 5.74) is 5.13. The van der Waals surface area contributed by atoms with E-state index in [1.54, 1.807) is 12.7 Å². The van der Waals surface area contributed by atoms with Crippen molar-refractivity contribution in [1.29, 1.82) is 0 Å². The van der Waals surface area contributed by atoms with Gasteiger partial charge >= 0.3 is 0 Å². The lowest BCUT2D eigenvalue weighted by Crippen LogP contribution is -1.91. The molecule has 2 aromatic rings. The summed E-state index contributed by atoms with van der Waals surface area (Å²) in [5, 5.41) is 0. The molecule has 124 valence electrons. The fourth-order valence-electron chi connectivity index (χ4n) is 2.45. The predicted molar refractivity (Wildman–Crippen MR) is 93.2 cm³/mol. The first-order valence-electron chi connectivity index (χ1n) is 8.78. The first-order chi connectivity index (χ1) is 10.8. The van der Waals surface area contributed by atoms with Crippen LogP contribution in [0.15, 0.2) is 12.7 Å². The standard InChI is InChI=1S/2C9H16N2/c2*1-3-5-6-9-8(4-2)10-7-11-9/h2*7H,3-6H2,1-2H3,(H,10,11). The minimum Gasteiger partial charge on any atom is -0.348 e. The van der Waals surface area contributed by atoms with Crippen LogP contribution in [0, 0.1) is 0 Å². The molecule has 2 rings (SSSR count). The SMILES string of the molecule is CCCCc1[nH]cnc1CC.CCCCc1[nH]cnc1CC. The minimum atomic E-state index is 1.04. The zero-order valence-electron chi connectivity index (χ0n) is 14.7. The van der Waals surface area contributed by atoms with Crippen molar-refractivity contribution in [2.75, 3.05) is 0 Å². The van der Waals surface area contributed by atoms with Crippen LogP contribution in [-0.2, 0) is 25.7 Å². The summed E-state index contributed by atoms with van der Waals surface area (Å²) in [4.78, 5) is 14.8. The first kappa shape index (κ1) is 18.5. The highest BCUT2D eigenvalue weighted by Gasteiger charge is 2.01. The van der Waals surface area contributed by atoms with E-state index < -0.39 is 0 Å². The molecule has 0 saturated heterocycles. The number of imidazole rings is 2. The lowest BCUT2D eigenvalue weighted by atomic mass is 10.1. The van der Waals surface area contributed by atoms with Crippen LogP contribution in [0.5, 0.6) is 0 Å². The molecule has 0 spiro atoms. The summed E-state index contributed by atoms with van der Waals surface area (Å²) in [5.74, 6) is 0. The summed E-state index contributed by atoms with van der Waals surface area (Å²) in [6, 6.07) is 0. The molecule has 22 heavy (non-hydrogen) atoms. The van der Waals surface area contributed by atoms with E-state index >= 15 is 0 Å². The van der Waals surface area contributed by atoms with Crippen LogP contribution in [0.25, 0.3) is 0 Å². The van der Waals surface area contributed by atoms with Gasteiger partial charge in [0.1, 0.15) is 0 Å². The van der Waals surface area contributed by atoms with E-state index in [1.165, 1.54) is 48.5 Å². The molecular formula is C18H32N4. The number of aromatic amines is 2. The summed E-state index contributed by atoms with van der Waals surface area (Å²) in [6.45, 7) is 8.71. The topological polar surface area (TPSA) is 57.4 Å². The van der Waals surface area contributed by atoms with Crippen LogP contribution in [0.2, 0.25) is 0 Å². The van der Waals surface area contributed by atoms with Crippen molar-refractivity contribution < 1.29 is 0 Å². The molecule has 0 aliphatic carbocycles. The number of H-pyrrole nitrogens is 2. The van der Waals surface area contributed by atoms with Gasteiger partial charge < -0.3 is 9.97 Å². The summed E-state index contributed by atoms with van der Waals surface area (Å²) in [7, 11) is 0. The highest BCUT2D eigenvalue weighted by atomic mass is 14.9. The van der Waals surface area contributed by atoms with Crippen LogP contribution >= 0.6 is 0 Å². The van der Waals surface area contributed by atoms with Crippen molar-refractivity contribution in [3.63, 3.8) is 0 Å². The number of nitrogens with zero attached hydrogens (tertiary/aromatic N) is 2. The second-order valence-corrected chi connectivity index (χ2v) is 5.57. The lowest BCUT2D eigenvalue weighted by molar-refractivity contribution is 0.771. The van der Waals surface area contributed by atoms with Crippen molar-refractivity contribution in [2.24, 2.45) is 0 Å². The van der Waals surface area contributed by atoms with Gasteiger partial charge in [-0.2, -0.15) is 0 Å². The van der Waals surface area contributed by atoms with E-state index in [0.717, 1.165) is 25.7 Å². The molecule has 2 aromatic heterocycles. The highest BCUT2D eigenvalue weighted by molar-refractivity contribution is 5.11. The van der Waals surface area contributed by atoms with Gasteiger partial charge in [0.05, 0.1) is 24.0 Å². The molecule has 4 nitrogen and oxygen atoms in total. The van der Waals surface area contributed by atoms with Crippen LogP contribution in [-0.4, -0.2) is 19.9 Å². The Bertz CT molecular complexity index is 452. The molecule has 0 aliphatic heterocycles. The number of aromatic nitrogens is 4. The Balaban J connectivity index is 0.000000220. The van der Waals surface area contributed by atoms with Gasteiger partial charge in [-0.1, -0.05) is 40.5 Å². The molecule has 0 unspecified atom stereocenters. The molecule has 4 heteroatoms. The Morgan fingerprint density at radius 1 is 0.727 bits per heavy atom. The Labute approximate surface area is 135 Å². The van der Waals surface area contributed by atoms with Crippen LogP contribution < -0.4 is 0 Å². The fraction of sp³-hybridized carbons (Fsp3) is 0.667. The van der Waals surface area contributed by atoms with Gasteiger partial charge in [0.15, 0.2) is 0 Å². The largest absolute Gasteiger partial charge is 0.348 e. The number of aryl methyl sites for hydroxylation is 4. The second-order valence-electron chi connectivity index (χ2n) is 5.57. The Hall–Kier alpha value is -1.58. The number of hydrogen-bond donors (Lipinski definition) is 2. The minimum absolute atomic E-state index is 1.04. The molecular weight excluding hydrogens is 272 g/mol. The average Bonchev–Trinajstić information content (AvgIpc) is 3.19. The highest BCUT2D eigenvalue weighted by Crippen LogP contribution is 2.07. The smallest absolute Gasteiger partial charge is 0.0925 e. The van der Waals surface area contributed by atoms with Crippen LogP contribution in [0.4, 0.5) is 0 Å². The average molecular weight is 304 g/mol. The van der Waals surface area contributed by atoms with Gasteiger partial charge in [0, 0.05) is 11.4 Å². The number of unbranched alkanes of at least 4 members (excludes halogenated alkanes) is 2. The van der Waals surface area contributed by atoms with Gasteiger partial charge in [0.2, 0.25) is 0 Å². The molecule has 0 aromatic carbocycles. The molecule has 0 radical (unpaired) electrons. The second kappa shape index (κ2) is 11.0. The molecule has 2 heterocycles. The van der Waals surface area contributed by atoms with Crippen LogP contribution in [0.1, 0.15) is 76.2 Å². The van der Waals surface area contributed by atoms with E-state index in [2.05, 4.69) is 47.6 Å². The molecule has 0 fully saturated rings. The van der Waals surface area contributed by atoms with Crippen molar-refractivity contribution in [3.05, 3.63) is 35.4 Å². The zero-order valence-corrected chi connectivity index (χ0v) is 14.7.